The predicted octanol–water partition coefficient (Wildman–Crippen LogP) is 3.52. The summed E-state index contributed by atoms with van der Waals surface area (Å²) in [6.07, 6.45) is 0. The van der Waals surface area contributed by atoms with E-state index in [-0.39, 0.29) is 24.0 Å². The van der Waals surface area contributed by atoms with Gasteiger partial charge in [0.05, 0.1) is 18.8 Å². The van der Waals surface area contributed by atoms with Gasteiger partial charge in [0.25, 0.3) is 0 Å². The Morgan fingerprint density at radius 3 is 2.71 bits per heavy atom. The molecule has 2 N–H and O–H groups in total. The number of hydrogen-bond acceptors (Lipinski definition) is 4. The zero-order valence-corrected chi connectivity index (χ0v) is 17.3. The van der Waals surface area contributed by atoms with E-state index in [0.717, 1.165) is 41.9 Å². The van der Waals surface area contributed by atoms with Gasteiger partial charge in [-0.2, -0.15) is 0 Å². The molecule has 1 heterocycles. The Kier molecular flexibility index (Phi) is 10.6. The second-order valence-corrected chi connectivity index (χ2v) is 5.69. The number of nitrogens with zero attached hydrogens (tertiary/aromatic N) is 2. The lowest BCUT2D eigenvalue weighted by molar-refractivity contribution is 0.152. The Balaban J connectivity index is 0.00000288. The van der Waals surface area contributed by atoms with Crippen molar-refractivity contribution in [3.63, 3.8) is 0 Å². The van der Waals surface area contributed by atoms with Crippen LogP contribution in [0.3, 0.4) is 0 Å². The summed E-state index contributed by atoms with van der Waals surface area (Å²) in [4.78, 5) is 9.22. The lowest BCUT2D eigenvalue weighted by Crippen LogP contribution is -2.39. The van der Waals surface area contributed by atoms with Gasteiger partial charge in [-0.1, -0.05) is 30.3 Å². The van der Waals surface area contributed by atoms with Crippen molar-refractivity contribution < 1.29 is 4.74 Å². The molecule has 0 aliphatic rings. The number of guanidine groups is 1. The van der Waals surface area contributed by atoms with E-state index in [1.165, 1.54) is 0 Å². The first-order valence-corrected chi connectivity index (χ1v) is 8.81. The molecule has 5 nitrogen and oxygen atoms in total. The molecule has 0 atom stereocenters. The number of rotatable bonds is 8. The molecule has 0 spiro atoms. The number of halogens is 1. The molecule has 24 heavy (non-hydrogen) atoms. The van der Waals surface area contributed by atoms with Gasteiger partial charge < -0.3 is 15.4 Å². The molecule has 0 aliphatic heterocycles. The molecule has 0 amide bonds. The zero-order chi connectivity index (χ0) is 16.3. The molecule has 2 rings (SSSR count). The molecule has 0 bridgehead atoms. The van der Waals surface area contributed by atoms with E-state index in [2.05, 4.69) is 45.0 Å². The first kappa shape index (κ1) is 20.9. The van der Waals surface area contributed by atoms with Crippen LogP contribution in [0.25, 0.3) is 10.6 Å². The van der Waals surface area contributed by atoms with E-state index < -0.39 is 0 Å². The third-order valence-corrected chi connectivity index (χ3v) is 4.00. The summed E-state index contributed by atoms with van der Waals surface area (Å²) >= 11 is 1.65. The van der Waals surface area contributed by atoms with Crippen molar-refractivity contribution in [1.82, 2.24) is 15.6 Å². The maximum Gasteiger partial charge on any atom is 0.191 e. The maximum absolute atomic E-state index is 5.32. The minimum Gasteiger partial charge on any atom is -0.380 e. The van der Waals surface area contributed by atoms with Crippen molar-refractivity contribution in [2.45, 2.75) is 20.4 Å². The highest BCUT2D eigenvalue weighted by Gasteiger charge is 2.04. The Labute approximate surface area is 165 Å². The average molecular weight is 460 g/mol. The number of hydrogen-bond donors (Lipinski definition) is 2. The van der Waals surface area contributed by atoms with Crippen LogP contribution >= 0.6 is 35.3 Å². The highest BCUT2D eigenvalue weighted by atomic mass is 127. The van der Waals surface area contributed by atoms with Gasteiger partial charge in [0.15, 0.2) is 5.96 Å². The van der Waals surface area contributed by atoms with E-state index in [9.17, 15) is 0 Å². The Morgan fingerprint density at radius 1 is 1.21 bits per heavy atom. The molecule has 0 unspecified atom stereocenters. The molecular formula is C17H25IN4OS. The lowest BCUT2D eigenvalue weighted by atomic mass is 10.2. The Hall–Kier alpha value is -1.19. The highest BCUT2D eigenvalue weighted by Crippen LogP contribution is 2.23. The third kappa shape index (κ3) is 7.14. The molecule has 0 fully saturated rings. The number of aliphatic imine (C=N–C) groups is 1. The van der Waals surface area contributed by atoms with E-state index in [1.807, 2.05) is 25.1 Å². The Morgan fingerprint density at radius 2 is 2.00 bits per heavy atom. The summed E-state index contributed by atoms with van der Waals surface area (Å²) in [7, 11) is 0. The van der Waals surface area contributed by atoms with Gasteiger partial charge in [0, 0.05) is 30.6 Å². The lowest BCUT2D eigenvalue weighted by Gasteiger charge is -2.10. The summed E-state index contributed by atoms with van der Waals surface area (Å²) in [6, 6.07) is 10.2. The van der Waals surface area contributed by atoms with Gasteiger partial charge in [-0.05, 0) is 13.8 Å². The van der Waals surface area contributed by atoms with Crippen LogP contribution in [-0.4, -0.2) is 37.2 Å². The summed E-state index contributed by atoms with van der Waals surface area (Å²) in [5.41, 5.74) is 2.13. The molecule has 0 aliphatic carbocycles. The van der Waals surface area contributed by atoms with Crippen LogP contribution in [0, 0.1) is 0 Å². The summed E-state index contributed by atoms with van der Waals surface area (Å²) in [6.45, 7) is 7.58. The summed E-state index contributed by atoms with van der Waals surface area (Å²) in [5, 5.41) is 9.58. The van der Waals surface area contributed by atoms with Crippen LogP contribution in [0.1, 0.15) is 19.5 Å². The normalized spacial score (nSPS) is 11.0. The van der Waals surface area contributed by atoms with Crippen LogP contribution in [0.5, 0.6) is 0 Å². The number of ether oxygens (including phenoxy) is 1. The fourth-order valence-corrected chi connectivity index (χ4v) is 2.80. The van der Waals surface area contributed by atoms with Crippen LogP contribution < -0.4 is 10.6 Å². The van der Waals surface area contributed by atoms with Gasteiger partial charge in [-0.3, -0.25) is 0 Å². The van der Waals surface area contributed by atoms with Crippen molar-refractivity contribution in [3.05, 3.63) is 41.4 Å². The number of nitrogens with one attached hydrogen (secondary N) is 2. The third-order valence-electron chi connectivity index (χ3n) is 3.06. The second kappa shape index (κ2) is 12.2. The molecule has 132 valence electrons. The van der Waals surface area contributed by atoms with Crippen molar-refractivity contribution in [3.8, 4) is 10.6 Å². The molecule has 0 saturated carbocycles. The first-order chi connectivity index (χ1) is 11.3. The average Bonchev–Trinajstić information content (AvgIpc) is 3.06. The van der Waals surface area contributed by atoms with Gasteiger partial charge in [0.1, 0.15) is 5.01 Å². The van der Waals surface area contributed by atoms with Gasteiger partial charge in [-0.15, -0.1) is 35.3 Å². The maximum atomic E-state index is 5.32. The number of benzene rings is 1. The molecule has 1 aromatic carbocycles. The topological polar surface area (TPSA) is 58.5 Å². The molecule has 0 radical (unpaired) electrons. The van der Waals surface area contributed by atoms with E-state index in [0.29, 0.717) is 13.2 Å². The first-order valence-electron chi connectivity index (χ1n) is 7.93. The largest absolute Gasteiger partial charge is 0.380 e. The quantitative estimate of drug-likeness (QED) is 0.274. The molecule has 7 heteroatoms. The van der Waals surface area contributed by atoms with Crippen LogP contribution in [-0.2, 0) is 11.3 Å². The predicted molar refractivity (Wildman–Crippen MR) is 112 cm³/mol. The number of thiazole rings is 1. The monoisotopic (exact) mass is 460 g/mol. The summed E-state index contributed by atoms with van der Waals surface area (Å²) < 4.78 is 5.32. The van der Waals surface area contributed by atoms with E-state index in [1.54, 1.807) is 11.3 Å². The number of aromatic nitrogens is 1. The highest BCUT2D eigenvalue weighted by molar-refractivity contribution is 14.0. The second-order valence-electron chi connectivity index (χ2n) is 4.83. The zero-order valence-electron chi connectivity index (χ0n) is 14.1. The molecular weight excluding hydrogens is 435 g/mol. The molecule has 2 aromatic rings. The fraction of sp³-hybridized carbons (Fsp3) is 0.412. The minimum atomic E-state index is 0. The van der Waals surface area contributed by atoms with E-state index >= 15 is 0 Å². The van der Waals surface area contributed by atoms with Crippen molar-refractivity contribution in [2.75, 3.05) is 26.3 Å². The Bertz CT molecular complexity index is 604. The van der Waals surface area contributed by atoms with Crippen LogP contribution in [0.4, 0.5) is 0 Å². The van der Waals surface area contributed by atoms with Crippen molar-refractivity contribution in [1.29, 1.82) is 0 Å². The fourth-order valence-electron chi connectivity index (χ4n) is 1.98. The van der Waals surface area contributed by atoms with Crippen LogP contribution in [0.2, 0.25) is 0 Å². The standard InChI is InChI=1S/C17H24N4OS.HI/c1-3-18-17(19-10-11-22-4-2)20-12-15-13-23-16(21-15)14-8-6-5-7-9-14;/h5-9,13H,3-4,10-12H2,1-2H3,(H2,18,19,20);1H. The van der Waals surface area contributed by atoms with E-state index in [4.69, 9.17) is 4.74 Å². The molecule has 1 aromatic heterocycles. The van der Waals surface area contributed by atoms with Gasteiger partial charge >= 0.3 is 0 Å². The SMILES string of the molecule is CCNC(=NCc1csc(-c2ccccc2)n1)NCCOCC.I. The smallest absolute Gasteiger partial charge is 0.191 e. The van der Waals surface area contributed by atoms with Crippen LogP contribution in [0.15, 0.2) is 40.7 Å². The van der Waals surface area contributed by atoms with Crippen molar-refractivity contribution >= 4 is 41.3 Å². The molecule has 0 saturated heterocycles. The van der Waals surface area contributed by atoms with Gasteiger partial charge in [-0.25, -0.2) is 9.98 Å². The minimum absolute atomic E-state index is 0. The van der Waals surface area contributed by atoms with Gasteiger partial charge in [0.2, 0.25) is 0 Å². The van der Waals surface area contributed by atoms with Crippen molar-refractivity contribution in [2.24, 2.45) is 4.99 Å². The summed E-state index contributed by atoms with van der Waals surface area (Å²) in [5.74, 6) is 0.793.